The molecule has 0 bridgehead atoms. The van der Waals surface area contributed by atoms with E-state index in [0.29, 0.717) is 11.4 Å². The number of amides is 1. The molecular weight excluding hydrogens is 244 g/mol. The third-order valence-corrected chi connectivity index (χ3v) is 2.65. The van der Waals surface area contributed by atoms with Crippen molar-refractivity contribution in [2.45, 2.75) is 11.8 Å². The van der Waals surface area contributed by atoms with Gasteiger partial charge < -0.3 is 11.1 Å². The lowest BCUT2D eigenvalue weighted by molar-refractivity contribution is -0.111. The number of hydrogen-bond acceptors (Lipinski definition) is 4. The van der Waals surface area contributed by atoms with Gasteiger partial charge in [0.05, 0.1) is 4.90 Å². The highest BCUT2D eigenvalue weighted by molar-refractivity contribution is 7.85. The molecule has 1 aromatic rings. The third-order valence-electron chi connectivity index (χ3n) is 1.78. The van der Waals surface area contributed by atoms with Crippen LogP contribution >= 0.6 is 0 Å². The lowest BCUT2D eigenvalue weighted by Crippen LogP contribution is -2.10. The van der Waals surface area contributed by atoms with Gasteiger partial charge in [-0.3, -0.25) is 9.35 Å². The van der Waals surface area contributed by atoms with Gasteiger partial charge >= 0.3 is 0 Å². The number of benzene rings is 1. The van der Waals surface area contributed by atoms with Crippen molar-refractivity contribution in [2.75, 3.05) is 5.32 Å². The number of hydrogen-bond donors (Lipinski definition) is 3. The van der Waals surface area contributed by atoms with Crippen molar-refractivity contribution in [3.8, 4) is 0 Å². The second-order valence-corrected chi connectivity index (χ2v) is 4.80. The minimum Gasteiger partial charge on any atom is -0.402 e. The Morgan fingerprint density at radius 2 is 1.88 bits per heavy atom. The summed E-state index contributed by atoms with van der Waals surface area (Å²) in [6.07, 6.45) is 1.21. The molecule has 0 saturated heterocycles. The molecule has 1 aromatic carbocycles. The molecule has 17 heavy (non-hydrogen) atoms. The quantitative estimate of drug-likeness (QED) is 0.545. The lowest BCUT2D eigenvalue weighted by Gasteiger charge is -2.03. The summed E-state index contributed by atoms with van der Waals surface area (Å²) in [5.74, 6) is -0.412. The maximum Gasteiger partial charge on any atom is 0.294 e. The number of allylic oxidation sites excluding steroid dienone is 1. The molecule has 0 radical (unpaired) electrons. The molecule has 0 fully saturated rings. The van der Waals surface area contributed by atoms with Crippen LogP contribution in [0, 0.1) is 0 Å². The number of rotatable bonds is 3. The van der Waals surface area contributed by atoms with E-state index in [9.17, 15) is 13.2 Å². The number of anilines is 1. The van der Waals surface area contributed by atoms with Gasteiger partial charge in [-0.15, -0.1) is 0 Å². The minimum atomic E-state index is -4.21. The Morgan fingerprint density at radius 3 is 2.29 bits per heavy atom. The molecule has 7 heteroatoms. The van der Waals surface area contributed by atoms with Crippen LogP contribution in [0.4, 0.5) is 5.69 Å². The second kappa shape index (κ2) is 4.98. The molecule has 0 spiro atoms. The van der Waals surface area contributed by atoms with Crippen LogP contribution in [0.3, 0.4) is 0 Å². The highest BCUT2D eigenvalue weighted by Gasteiger charge is 2.08. The van der Waals surface area contributed by atoms with Crippen molar-refractivity contribution in [3.05, 3.63) is 36.0 Å². The van der Waals surface area contributed by atoms with Crippen LogP contribution in [0.15, 0.2) is 40.9 Å². The maximum absolute atomic E-state index is 11.3. The Labute approximate surface area is 98.9 Å². The van der Waals surface area contributed by atoms with Crippen molar-refractivity contribution < 1.29 is 17.8 Å². The van der Waals surface area contributed by atoms with E-state index in [-0.39, 0.29) is 4.90 Å². The second-order valence-electron chi connectivity index (χ2n) is 3.38. The molecule has 92 valence electrons. The van der Waals surface area contributed by atoms with Gasteiger partial charge in [-0.25, -0.2) is 0 Å². The van der Waals surface area contributed by atoms with Crippen molar-refractivity contribution >= 4 is 21.7 Å². The molecule has 0 aliphatic carbocycles. The molecule has 4 N–H and O–H groups in total. The first-order valence-electron chi connectivity index (χ1n) is 4.61. The molecule has 0 aromatic heterocycles. The van der Waals surface area contributed by atoms with Crippen molar-refractivity contribution in [1.82, 2.24) is 0 Å². The van der Waals surface area contributed by atoms with Gasteiger partial charge in [0, 0.05) is 17.5 Å². The van der Waals surface area contributed by atoms with Gasteiger partial charge in [-0.1, -0.05) is 0 Å². The first kappa shape index (κ1) is 13.2. The summed E-state index contributed by atoms with van der Waals surface area (Å²) in [4.78, 5) is 11.0. The molecule has 0 heterocycles. The molecule has 6 nitrogen and oxygen atoms in total. The van der Waals surface area contributed by atoms with E-state index < -0.39 is 16.0 Å². The average Bonchev–Trinajstić information content (AvgIpc) is 2.15. The molecule has 1 rings (SSSR count). The van der Waals surface area contributed by atoms with E-state index >= 15 is 0 Å². The van der Waals surface area contributed by atoms with Gasteiger partial charge in [-0.05, 0) is 31.2 Å². The lowest BCUT2D eigenvalue weighted by atomic mass is 10.3. The fraction of sp³-hybridized carbons (Fsp3) is 0.100. The zero-order valence-electron chi connectivity index (χ0n) is 9.04. The number of carbonyl (C=O) groups excluding carboxylic acids is 1. The first-order valence-corrected chi connectivity index (χ1v) is 6.05. The zero-order valence-corrected chi connectivity index (χ0v) is 9.86. The standard InChI is InChI=1S/C10H12N2O4S/c1-7(11)6-10(13)12-8-2-4-9(5-3-8)17(14,15)16/h2-6H,11H2,1H3,(H,12,13)(H,14,15,16)/b7-6-. The highest BCUT2D eigenvalue weighted by atomic mass is 32.2. The number of nitrogens with one attached hydrogen (secondary N) is 1. The van der Waals surface area contributed by atoms with E-state index in [1.54, 1.807) is 6.92 Å². The summed E-state index contributed by atoms with van der Waals surface area (Å²) in [5, 5.41) is 2.48. The van der Waals surface area contributed by atoms with Crippen LogP contribution in [0.1, 0.15) is 6.92 Å². The topological polar surface area (TPSA) is 109 Å². The van der Waals surface area contributed by atoms with Crippen LogP contribution in [-0.2, 0) is 14.9 Å². The van der Waals surface area contributed by atoms with Gasteiger partial charge in [0.15, 0.2) is 0 Å². The van der Waals surface area contributed by atoms with E-state index in [1.165, 1.54) is 30.3 Å². The molecule has 0 aliphatic rings. The summed E-state index contributed by atoms with van der Waals surface area (Å²) < 4.78 is 30.2. The molecule has 0 saturated carbocycles. The van der Waals surface area contributed by atoms with Crippen LogP contribution in [0.25, 0.3) is 0 Å². The Morgan fingerprint density at radius 1 is 1.35 bits per heavy atom. The zero-order chi connectivity index (χ0) is 13.1. The largest absolute Gasteiger partial charge is 0.402 e. The predicted octanol–water partition coefficient (Wildman–Crippen LogP) is 0.734. The van der Waals surface area contributed by atoms with E-state index in [1.807, 2.05) is 0 Å². The molecule has 0 atom stereocenters. The third kappa shape index (κ3) is 4.25. The fourth-order valence-corrected chi connectivity index (χ4v) is 1.58. The minimum absolute atomic E-state index is 0.235. The molecule has 0 unspecified atom stereocenters. The van der Waals surface area contributed by atoms with Crippen LogP contribution < -0.4 is 11.1 Å². The van der Waals surface area contributed by atoms with Gasteiger partial charge in [0.25, 0.3) is 10.1 Å². The van der Waals surface area contributed by atoms with Gasteiger partial charge in [0.2, 0.25) is 5.91 Å². The fourth-order valence-electron chi connectivity index (χ4n) is 1.10. The van der Waals surface area contributed by atoms with E-state index in [0.717, 1.165) is 0 Å². The Hall–Kier alpha value is -1.86. The van der Waals surface area contributed by atoms with Crippen molar-refractivity contribution in [3.63, 3.8) is 0 Å². The van der Waals surface area contributed by atoms with Crippen molar-refractivity contribution in [1.29, 1.82) is 0 Å². The van der Waals surface area contributed by atoms with Gasteiger partial charge in [-0.2, -0.15) is 8.42 Å². The van der Waals surface area contributed by atoms with Crippen LogP contribution in [0.5, 0.6) is 0 Å². The summed E-state index contributed by atoms with van der Waals surface area (Å²) in [5.41, 5.74) is 6.08. The summed E-state index contributed by atoms with van der Waals surface area (Å²) in [6, 6.07) is 5.09. The van der Waals surface area contributed by atoms with Gasteiger partial charge in [0.1, 0.15) is 0 Å². The van der Waals surface area contributed by atoms with Crippen molar-refractivity contribution in [2.24, 2.45) is 5.73 Å². The highest BCUT2D eigenvalue weighted by Crippen LogP contribution is 2.13. The smallest absolute Gasteiger partial charge is 0.294 e. The predicted molar refractivity (Wildman–Crippen MR) is 62.8 cm³/mol. The maximum atomic E-state index is 11.3. The molecular formula is C10H12N2O4S. The average molecular weight is 256 g/mol. The Kier molecular flexibility index (Phi) is 3.87. The summed E-state index contributed by atoms with van der Waals surface area (Å²) in [7, 11) is -4.21. The molecule has 1 amide bonds. The monoisotopic (exact) mass is 256 g/mol. The summed E-state index contributed by atoms with van der Waals surface area (Å²) >= 11 is 0. The Balaban J connectivity index is 2.83. The Bertz CT molecular complexity index is 542. The molecule has 0 aliphatic heterocycles. The van der Waals surface area contributed by atoms with Crippen LogP contribution in [0.2, 0.25) is 0 Å². The van der Waals surface area contributed by atoms with E-state index in [4.69, 9.17) is 10.3 Å². The SMILES string of the molecule is C/C(N)=C/C(=O)Nc1ccc(S(=O)(=O)O)cc1. The summed E-state index contributed by atoms with van der Waals surface area (Å²) in [6.45, 7) is 1.57. The first-order chi connectivity index (χ1) is 7.79. The van der Waals surface area contributed by atoms with Crippen LogP contribution in [-0.4, -0.2) is 18.9 Å². The number of nitrogens with two attached hydrogens (primary N) is 1. The normalized spacial score (nSPS) is 12.2. The number of carbonyl (C=O) groups is 1. The van der Waals surface area contributed by atoms with E-state index in [2.05, 4.69) is 5.32 Å².